The van der Waals surface area contributed by atoms with E-state index in [-0.39, 0.29) is 33.0 Å². The third-order valence-corrected chi connectivity index (χ3v) is 12.7. The monoisotopic (exact) mass is 881 g/mol. The Morgan fingerprint density at radius 3 is 1.70 bits per heavy atom. The lowest BCUT2D eigenvalue weighted by molar-refractivity contribution is 0.446. The SMILES string of the molecule is [2H]C([2H])([2H])C(c1ccc(-c2ccnc(-c3cc(-c4cccc5c4nc(-c4cc(C(C)(C)C)cc(C(C)(C)C)c4O)n5-c4ccc(-c5ccccc5)cc4C(C)(C)C)cc(C(C)(C)C)c3)c2)cc1)(C([2H])([2H])[2H])C([2H])([2H])[2H]. The largest absolute Gasteiger partial charge is 0.507 e. The topological polar surface area (TPSA) is 50.9 Å². The van der Waals surface area contributed by atoms with Crippen LogP contribution >= 0.6 is 0 Å². The maximum Gasteiger partial charge on any atom is 0.149 e. The van der Waals surface area contributed by atoms with E-state index in [1.807, 2.05) is 12.1 Å². The van der Waals surface area contributed by atoms with Crippen molar-refractivity contribution in [2.24, 2.45) is 0 Å². The zero-order valence-corrected chi connectivity index (χ0v) is 40.6. The van der Waals surface area contributed by atoms with Crippen LogP contribution in [0.25, 0.3) is 72.7 Å². The van der Waals surface area contributed by atoms with Gasteiger partial charge in [0.2, 0.25) is 0 Å². The number of aromatic hydroxyl groups is 1. The van der Waals surface area contributed by atoms with Crippen molar-refractivity contribution in [2.45, 2.75) is 131 Å². The third-order valence-electron chi connectivity index (χ3n) is 12.7. The minimum Gasteiger partial charge on any atom is -0.507 e. The van der Waals surface area contributed by atoms with E-state index < -0.39 is 26.0 Å². The fourth-order valence-electron chi connectivity index (χ4n) is 8.75. The van der Waals surface area contributed by atoms with Crippen molar-refractivity contribution in [3.63, 3.8) is 0 Å². The lowest BCUT2D eigenvalue weighted by atomic mass is 9.78. The summed E-state index contributed by atoms with van der Waals surface area (Å²) in [7, 11) is 0. The second kappa shape index (κ2) is 16.6. The number of fused-ring (bicyclic) bond motifs is 1. The van der Waals surface area contributed by atoms with Crippen LogP contribution in [0.3, 0.4) is 0 Å². The van der Waals surface area contributed by atoms with Crippen LogP contribution in [0.15, 0.2) is 140 Å². The summed E-state index contributed by atoms with van der Waals surface area (Å²) in [5.74, 6) is 0.807. The van der Waals surface area contributed by atoms with Gasteiger partial charge in [-0.1, -0.05) is 189 Å². The number of phenolic OH excluding ortho intramolecular Hbond substituents is 1. The quantitative estimate of drug-likeness (QED) is 0.181. The summed E-state index contributed by atoms with van der Waals surface area (Å²) in [5.41, 5.74) is 9.43. The molecule has 1 N–H and O–H groups in total. The van der Waals surface area contributed by atoms with E-state index in [1.54, 1.807) is 24.4 Å². The Hall–Kier alpha value is -6.26. The number of para-hydroxylation sites is 1. The molecule has 0 fully saturated rings. The van der Waals surface area contributed by atoms with E-state index in [0.29, 0.717) is 28.2 Å². The summed E-state index contributed by atoms with van der Waals surface area (Å²) < 4.78 is 76.2. The summed E-state index contributed by atoms with van der Waals surface area (Å²) in [4.78, 5) is 10.5. The molecule has 0 unspecified atom stereocenters. The Labute approximate surface area is 407 Å². The molecule has 0 aliphatic heterocycles. The maximum atomic E-state index is 12.6. The molecule has 2 heterocycles. The molecular weight excluding hydrogens is 803 g/mol. The van der Waals surface area contributed by atoms with Crippen LogP contribution in [-0.4, -0.2) is 19.6 Å². The molecular formula is C62H69N3O. The number of aromatic nitrogens is 3. The predicted octanol–water partition coefficient (Wildman–Crippen LogP) is 16.9. The van der Waals surface area contributed by atoms with E-state index in [2.05, 4.69) is 179 Å². The Balaban J connectivity index is 1.37. The molecule has 8 rings (SSSR count). The first kappa shape index (κ1) is 35.9. The first-order valence-corrected chi connectivity index (χ1v) is 22.9. The smallest absolute Gasteiger partial charge is 0.149 e. The van der Waals surface area contributed by atoms with Gasteiger partial charge >= 0.3 is 0 Å². The number of phenols is 1. The standard InChI is InChI=1S/C62H69N3O/c1-58(2,3)45-27-24-40(25-28-45)42-30-31-63-52(36-42)44-32-43(33-46(34-44)59(4,5)6)48-22-19-23-54-55(48)64-57(49-37-47(60(7,8)9)38-51(56(49)66)62(13,14)15)65(54)53-29-26-41(35-50(53)61(10,11)12)39-20-17-16-18-21-39/h16-38,66H,1-15H3/i1D3,2D3,3D3. The zero-order valence-electron chi connectivity index (χ0n) is 49.6. The van der Waals surface area contributed by atoms with E-state index in [1.165, 1.54) is 12.1 Å². The molecule has 0 bridgehead atoms. The molecule has 6 aromatic carbocycles. The van der Waals surface area contributed by atoms with E-state index in [9.17, 15) is 5.11 Å². The second-order valence-corrected chi connectivity index (χ2v) is 22.0. The van der Waals surface area contributed by atoms with E-state index in [4.69, 9.17) is 22.3 Å². The average Bonchev–Trinajstić information content (AvgIpc) is 3.69. The van der Waals surface area contributed by atoms with Gasteiger partial charge in [0.25, 0.3) is 0 Å². The molecule has 0 spiro atoms. The van der Waals surface area contributed by atoms with Crippen molar-refractivity contribution in [3.05, 3.63) is 167 Å². The van der Waals surface area contributed by atoms with Crippen LogP contribution in [0.2, 0.25) is 0 Å². The van der Waals surface area contributed by atoms with Gasteiger partial charge in [0.1, 0.15) is 11.6 Å². The molecule has 338 valence electrons. The summed E-state index contributed by atoms with van der Waals surface area (Å²) in [6, 6.07) is 43.4. The molecule has 0 aliphatic carbocycles. The fourth-order valence-corrected chi connectivity index (χ4v) is 8.75. The van der Waals surface area contributed by atoms with Gasteiger partial charge < -0.3 is 5.11 Å². The predicted molar refractivity (Wildman–Crippen MR) is 281 cm³/mol. The summed E-state index contributed by atoms with van der Waals surface area (Å²) in [5, 5.41) is 12.6. The van der Waals surface area contributed by atoms with Crippen LogP contribution in [0.1, 0.15) is 144 Å². The molecule has 4 nitrogen and oxygen atoms in total. The van der Waals surface area contributed by atoms with E-state index >= 15 is 0 Å². The molecule has 0 aliphatic rings. The van der Waals surface area contributed by atoms with Crippen molar-refractivity contribution < 1.29 is 17.4 Å². The van der Waals surface area contributed by atoms with Crippen LogP contribution in [-0.2, 0) is 27.1 Å². The third kappa shape index (κ3) is 9.12. The van der Waals surface area contributed by atoms with Gasteiger partial charge in [-0.15, -0.1) is 0 Å². The molecule has 4 heteroatoms. The van der Waals surface area contributed by atoms with Crippen LogP contribution < -0.4 is 0 Å². The molecule has 0 amide bonds. The Morgan fingerprint density at radius 2 is 1.06 bits per heavy atom. The number of rotatable bonds is 6. The van der Waals surface area contributed by atoms with Crippen molar-refractivity contribution in [1.82, 2.24) is 14.5 Å². The summed E-state index contributed by atoms with van der Waals surface area (Å²) in [6.07, 6.45) is 1.69. The Morgan fingerprint density at radius 1 is 0.455 bits per heavy atom. The van der Waals surface area contributed by atoms with Crippen molar-refractivity contribution in [3.8, 4) is 67.5 Å². The normalized spacial score (nSPS) is 15.4. The fraction of sp³-hybridized carbons (Fsp3) is 0.323. The Bertz CT molecular complexity index is 3390. The maximum absolute atomic E-state index is 12.6. The van der Waals surface area contributed by atoms with Gasteiger partial charge in [0.15, 0.2) is 0 Å². The molecule has 0 atom stereocenters. The molecule has 2 aromatic heterocycles. The molecule has 0 radical (unpaired) electrons. The number of hydrogen-bond donors (Lipinski definition) is 1. The van der Waals surface area contributed by atoms with Crippen LogP contribution in [0, 0.1) is 0 Å². The van der Waals surface area contributed by atoms with Gasteiger partial charge in [0, 0.05) is 35.2 Å². The summed E-state index contributed by atoms with van der Waals surface area (Å²) in [6.45, 7) is 16.0. The van der Waals surface area contributed by atoms with Gasteiger partial charge in [-0.3, -0.25) is 9.55 Å². The highest BCUT2D eigenvalue weighted by molar-refractivity contribution is 5.97. The minimum atomic E-state index is -3.37. The first-order valence-electron chi connectivity index (χ1n) is 27.4. The highest BCUT2D eigenvalue weighted by Crippen LogP contribution is 2.46. The van der Waals surface area contributed by atoms with Gasteiger partial charge in [-0.05, 0) is 126 Å². The number of nitrogens with zero attached hydrogens (tertiary/aromatic N) is 3. The van der Waals surface area contributed by atoms with Crippen molar-refractivity contribution >= 4 is 11.0 Å². The van der Waals surface area contributed by atoms with Gasteiger partial charge in [0.05, 0.1) is 28.0 Å². The number of pyridine rings is 1. The Kier molecular flexibility index (Phi) is 9.02. The van der Waals surface area contributed by atoms with Crippen molar-refractivity contribution in [2.75, 3.05) is 0 Å². The second-order valence-electron chi connectivity index (χ2n) is 22.0. The van der Waals surface area contributed by atoms with Crippen molar-refractivity contribution in [1.29, 1.82) is 0 Å². The van der Waals surface area contributed by atoms with E-state index in [0.717, 1.165) is 66.8 Å². The molecule has 8 aromatic rings. The highest BCUT2D eigenvalue weighted by atomic mass is 16.3. The van der Waals surface area contributed by atoms with Gasteiger partial charge in [-0.2, -0.15) is 0 Å². The molecule has 0 saturated carbocycles. The molecule has 0 saturated heterocycles. The number of hydrogen-bond acceptors (Lipinski definition) is 3. The first-order chi connectivity index (χ1) is 34.5. The van der Waals surface area contributed by atoms with Crippen LogP contribution in [0.5, 0.6) is 5.75 Å². The summed E-state index contributed by atoms with van der Waals surface area (Å²) >= 11 is 0. The number of imidazole rings is 1. The van der Waals surface area contributed by atoms with Crippen LogP contribution in [0.4, 0.5) is 0 Å². The molecule has 66 heavy (non-hydrogen) atoms. The van der Waals surface area contributed by atoms with Gasteiger partial charge in [-0.25, -0.2) is 4.98 Å². The highest BCUT2D eigenvalue weighted by Gasteiger charge is 2.31. The zero-order chi connectivity index (χ0) is 55.2. The number of benzene rings is 6. The average molecular weight is 881 g/mol. The minimum absolute atomic E-state index is 0.190. The lowest BCUT2D eigenvalue weighted by Gasteiger charge is -2.28. The lowest BCUT2D eigenvalue weighted by Crippen LogP contribution is -2.18.